The van der Waals surface area contributed by atoms with Crippen molar-refractivity contribution in [2.45, 2.75) is 13.0 Å². The van der Waals surface area contributed by atoms with Gasteiger partial charge in [0.25, 0.3) is 5.91 Å². The summed E-state index contributed by atoms with van der Waals surface area (Å²) >= 11 is 5.89. The molecular formula is C31H30ClN3O4. The van der Waals surface area contributed by atoms with Gasteiger partial charge in [0.1, 0.15) is 18.1 Å². The lowest BCUT2D eigenvalue weighted by Gasteiger charge is -2.17. The van der Waals surface area contributed by atoms with Gasteiger partial charge in [-0.05, 0) is 59.5 Å². The molecule has 4 N–H and O–H groups in total. The molecule has 1 atom stereocenters. The molecule has 0 radical (unpaired) electrons. The van der Waals surface area contributed by atoms with Crippen LogP contribution in [0.5, 0.6) is 11.5 Å². The maximum Gasteiger partial charge on any atom is 0.271 e. The van der Waals surface area contributed by atoms with Crippen molar-refractivity contribution in [3.8, 4) is 22.6 Å². The Labute approximate surface area is 232 Å². The summed E-state index contributed by atoms with van der Waals surface area (Å²) in [5.41, 5.74) is 7.23. The Morgan fingerprint density at radius 1 is 1.03 bits per heavy atom. The summed E-state index contributed by atoms with van der Waals surface area (Å²) in [4.78, 5) is 12.4. The lowest BCUT2D eigenvalue weighted by molar-refractivity contribution is 0.0955. The van der Waals surface area contributed by atoms with Crippen molar-refractivity contribution >= 4 is 23.7 Å². The molecule has 4 aromatic rings. The first-order chi connectivity index (χ1) is 18.9. The van der Waals surface area contributed by atoms with Gasteiger partial charge in [-0.25, -0.2) is 5.43 Å². The maximum atomic E-state index is 12.4. The second-order valence-electron chi connectivity index (χ2n) is 8.92. The molecule has 0 saturated carbocycles. The average Bonchev–Trinajstić information content (AvgIpc) is 2.95. The molecule has 39 heavy (non-hydrogen) atoms. The monoisotopic (exact) mass is 543 g/mol. The Balaban J connectivity index is 1.42. The Morgan fingerprint density at radius 2 is 1.74 bits per heavy atom. The summed E-state index contributed by atoms with van der Waals surface area (Å²) in [6, 6.07) is 27.5. The number of carbonyl (C=O) groups excluding carboxylic acids is 1. The molecule has 1 unspecified atom stereocenters. The molecule has 0 bridgehead atoms. The summed E-state index contributed by atoms with van der Waals surface area (Å²) in [6.45, 7) is 3.37. The minimum absolute atomic E-state index is 0.0907. The summed E-state index contributed by atoms with van der Waals surface area (Å²) in [6.07, 6.45) is 0.980. The number of rotatable bonds is 11. The van der Waals surface area contributed by atoms with E-state index in [1.165, 1.54) is 18.2 Å². The van der Waals surface area contributed by atoms with Gasteiger partial charge in [0.15, 0.2) is 0 Å². The van der Waals surface area contributed by atoms with Crippen LogP contribution in [0, 0.1) is 6.92 Å². The van der Waals surface area contributed by atoms with Crippen LogP contribution < -0.4 is 15.5 Å². The molecule has 0 aliphatic carbocycles. The zero-order chi connectivity index (χ0) is 27.6. The van der Waals surface area contributed by atoms with Crippen molar-refractivity contribution in [3.05, 3.63) is 118 Å². The van der Waals surface area contributed by atoms with Crippen molar-refractivity contribution in [2.24, 2.45) is 5.10 Å². The molecule has 1 amide bonds. The van der Waals surface area contributed by atoms with E-state index in [0.29, 0.717) is 19.7 Å². The van der Waals surface area contributed by atoms with Crippen LogP contribution in [-0.2, 0) is 0 Å². The highest BCUT2D eigenvalue weighted by Crippen LogP contribution is 2.34. The number of phenols is 1. The Bertz CT molecular complexity index is 1430. The Hall–Kier alpha value is -4.17. The van der Waals surface area contributed by atoms with E-state index in [9.17, 15) is 15.0 Å². The largest absolute Gasteiger partial charge is 0.506 e. The smallest absolute Gasteiger partial charge is 0.271 e. The number of amides is 1. The number of aliphatic hydroxyl groups excluding tert-OH is 1. The number of ether oxygens (including phenoxy) is 1. The topological polar surface area (TPSA) is 103 Å². The molecule has 0 fully saturated rings. The first kappa shape index (κ1) is 27.9. The highest BCUT2D eigenvalue weighted by Gasteiger charge is 2.13. The number of nitrogens with zero attached hydrogens (tertiary/aromatic N) is 1. The van der Waals surface area contributed by atoms with Gasteiger partial charge in [-0.3, -0.25) is 4.79 Å². The number of hydrogen-bond donors (Lipinski definition) is 4. The third kappa shape index (κ3) is 7.67. The highest BCUT2D eigenvalue weighted by atomic mass is 35.5. The van der Waals surface area contributed by atoms with Crippen molar-refractivity contribution < 1.29 is 19.7 Å². The minimum atomic E-state index is -0.585. The Morgan fingerprint density at radius 3 is 2.46 bits per heavy atom. The number of benzene rings is 4. The molecule has 8 heteroatoms. The summed E-state index contributed by atoms with van der Waals surface area (Å²) in [7, 11) is 0. The molecule has 200 valence electrons. The predicted molar refractivity (Wildman–Crippen MR) is 155 cm³/mol. The number of aromatic hydroxyl groups is 1. The van der Waals surface area contributed by atoms with E-state index in [-0.39, 0.29) is 16.3 Å². The van der Waals surface area contributed by atoms with Crippen LogP contribution >= 0.6 is 11.6 Å². The van der Waals surface area contributed by atoms with E-state index < -0.39 is 12.0 Å². The standard InChI is InChI=1S/C31H30ClN3O4/c1-21-16-22(19-34-35-31(38)25-12-13-28(36)27(32)18-25)17-26(23-8-4-2-5-9-23)30(21)39-15-14-33-20-29(37)24-10-6-3-7-11-24/h2-13,16-19,29,33,36-37H,14-15,20H2,1H3,(H,35,38)/b34-19+. The molecule has 7 nitrogen and oxygen atoms in total. The molecule has 0 saturated heterocycles. The van der Waals surface area contributed by atoms with Crippen LogP contribution in [0.15, 0.2) is 96.1 Å². The fourth-order valence-electron chi connectivity index (χ4n) is 4.04. The molecule has 0 aromatic heterocycles. The summed E-state index contributed by atoms with van der Waals surface area (Å²) in [5.74, 6) is 0.216. The van der Waals surface area contributed by atoms with Crippen LogP contribution in [-0.4, -0.2) is 42.0 Å². The van der Waals surface area contributed by atoms with E-state index in [4.69, 9.17) is 16.3 Å². The van der Waals surface area contributed by atoms with E-state index >= 15 is 0 Å². The molecule has 0 spiro atoms. The lowest BCUT2D eigenvalue weighted by Crippen LogP contribution is -2.26. The predicted octanol–water partition coefficient (Wildman–Crippen LogP) is 5.49. The van der Waals surface area contributed by atoms with Gasteiger partial charge in [0.05, 0.1) is 17.3 Å². The van der Waals surface area contributed by atoms with Gasteiger partial charge in [-0.1, -0.05) is 72.3 Å². The average molecular weight is 544 g/mol. The second-order valence-corrected chi connectivity index (χ2v) is 9.33. The quantitative estimate of drug-likeness (QED) is 0.114. The maximum absolute atomic E-state index is 12.4. The molecule has 0 aliphatic rings. The van der Waals surface area contributed by atoms with Crippen molar-refractivity contribution in [1.29, 1.82) is 0 Å². The molecular weight excluding hydrogens is 514 g/mol. The van der Waals surface area contributed by atoms with Crippen LogP contribution in [0.25, 0.3) is 11.1 Å². The van der Waals surface area contributed by atoms with E-state index in [1.807, 2.05) is 79.7 Å². The van der Waals surface area contributed by atoms with Crippen LogP contribution in [0.2, 0.25) is 5.02 Å². The van der Waals surface area contributed by atoms with E-state index in [0.717, 1.165) is 33.6 Å². The van der Waals surface area contributed by atoms with Gasteiger partial charge in [0.2, 0.25) is 0 Å². The van der Waals surface area contributed by atoms with Crippen molar-refractivity contribution in [2.75, 3.05) is 19.7 Å². The zero-order valence-corrected chi connectivity index (χ0v) is 22.2. The normalized spacial score (nSPS) is 11.9. The third-order valence-electron chi connectivity index (χ3n) is 6.02. The van der Waals surface area contributed by atoms with E-state index in [1.54, 1.807) is 6.21 Å². The minimum Gasteiger partial charge on any atom is -0.506 e. The summed E-state index contributed by atoms with van der Waals surface area (Å²) in [5, 5.41) is 27.3. The number of carbonyl (C=O) groups is 1. The van der Waals surface area contributed by atoms with Crippen molar-refractivity contribution in [3.63, 3.8) is 0 Å². The highest BCUT2D eigenvalue weighted by molar-refractivity contribution is 6.32. The number of hydrazone groups is 1. The van der Waals surface area contributed by atoms with Crippen molar-refractivity contribution in [1.82, 2.24) is 10.7 Å². The van der Waals surface area contributed by atoms with Gasteiger partial charge < -0.3 is 20.3 Å². The second kappa shape index (κ2) is 13.6. The van der Waals surface area contributed by atoms with Gasteiger partial charge >= 0.3 is 0 Å². The molecule has 0 aliphatic heterocycles. The fourth-order valence-corrected chi connectivity index (χ4v) is 4.22. The Kier molecular flexibility index (Phi) is 9.69. The van der Waals surface area contributed by atoms with Gasteiger partial charge in [0, 0.05) is 24.2 Å². The zero-order valence-electron chi connectivity index (χ0n) is 21.5. The molecule has 0 heterocycles. The SMILES string of the molecule is Cc1cc(/C=N/NC(=O)c2ccc(O)c(Cl)c2)cc(-c2ccccc2)c1OCCNCC(O)c1ccccc1. The number of nitrogens with one attached hydrogen (secondary N) is 2. The van der Waals surface area contributed by atoms with Crippen LogP contribution in [0.1, 0.15) is 33.2 Å². The number of aryl methyl sites for hydroxylation is 1. The number of aliphatic hydroxyl groups is 1. The molecule has 4 aromatic carbocycles. The van der Waals surface area contributed by atoms with Crippen LogP contribution in [0.4, 0.5) is 0 Å². The van der Waals surface area contributed by atoms with E-state index in [2.05, 4.69) is 15.8 Å². The summed E-state index contributed by atoms with van der Waals surface area (Å²) < 4.78 is 6.19. The lowest BCUT2D eigenvalue weighted by atomic mass is 9.99. The number of phenolic OH excluding ortho intramolecular Hbond substituents is 1. The first-order valence-electron chi connectivity index (χ1n) is 12.5. The third-order valence-corrected chi connectivity index (χ3v) is 6.32. The van der Waals surface area contributed by atoms with Crippen LogP contribution in [0.3, 0.4) is 0 Å². The molecule has 4 rings (SSSR count). The van der Waals surface area contributed by atoms with Gasteiger partial charge in [-0.2, -0.15) is 5.10 Å². The first-order valence-corrected chi connectivity index (χ1v) is 12.9. The number of halogens is 1. The fraction of sp³-hybridized carbons (Fsp3) is 0.161. The number of hydrogen-bond acceptors (Lipinski definition) is 6. The van der Waals surface area contributed by atoms with Gasteiger partial charge in [-0.15, -0.1) is 0 Å².